The normalized spacial score (nSPS) is 40.1. The van der Waals surface area contributed by atoms with E-state index in [2.05, 4.69) is 23.7 Å². The minimum absolute atomic E-state index is 0.935. The quantitative estimate of drug-likeness (QED) is 0.547. The fraction of sp³-hybridized carbons (Fsp3) is 1.00. The summed E-state index contributed by atoms with van der Waals surface area (Å²) in [5, 5.41) is 0. The molecule has 0 saturated carbocycles. The van der Waals surface area contributed by atoms with Gasteiger partial charge in [-0.05, 0) is 50.3 Å². The lowest BCUT2D eigenvalue weighted by atomic mass is 9.96. The van der Waals surface area contributed by atoms with E-state index in [1.165, 1.54) is 37.3 Å². The number of rotatable bonds is 0. The first-order valence-corrected chi connectivity index (χ1v) is 5.81. The molecular formula is C9H17NS. The number of fused-ring (bicyclic) bond motifs is 1. The molecule has 0 N–H and O–H groups in total. The minimum Gasteiger partial charge on any atom is -0.303 e. The standard InChI is InChI=1S/C9H17NS/c1-10-5-2-8-3-6-11-7-4-9(8)10/h8-9H,2-7H2,1H3. The predicted octanol–water partition coefficient (Wildman–Crippen LogP) is 1.83. The molecule has 2 saturated heterocycles. The first kappa shape index (κ1) is 7.93. The highest BCUT2D eigenvalue weighted by molar-refractivity contribution is 7.99. The van der Waals surface area contributed by atoms with Crippen LogP contribution in [0.3, 0.4) is 0 Å². The number of likely N-dealkylation sites (tertiary alicyclic amines) is 1. The van der Waals surface area contributed by atoms with Gasteiger partial charge in [0, 0.05) is 6.04 Å². The molecule has 2 atom stereocenters. The van der Waals surface area contributed by atoms with Crippen molar-refractivity contribution in [1.29, 1.82) is 0 Å². The van der Waals surface area contributed by atoms with E-state index in [1.807, 2.05) is 0 Å². The van der Waals surface area contributed by atoms with E-state index in [0.29, 0.717) is 0 Å². The third kappa shape index (κ3) is 1.57. The van der Waals surface area contributed by atoms with E-state index in [0.717, 1.165) is 12.0 Å². The second-order valence-electron chi connectivity index (χ2n) is 3.79. The van der Waals surface area contributed by atoms with Crippen LogP contribution in [0.1, 0.15) is 19.3 Å². The Bertz CT molecular complexity index is 138. The smallest absolute Gasteiger partial charge is 0.0129 e. The number of nitrogens with zero attached hydrogens (tertiary/aromatic N) is 1. The summed E-state index contributed by atoms with van der Waals surface area (Å²) in [6, 6.07) is 0.935. The van der Waals surface area contributed by atoms with Gasteiger partial charge in [-0.25, -0.2) is 0 Å². The van der Waals surface area contributed by atoms with Crippen LogP contribution in [0, 0.1) is 5.92 Å². The number of thioether (sulfide) groups is 1. The van der Waals surface area contributed by atoms with E-state index in [4.69, 9.17) is 0 Å². The van der Waals surface area contributed by atoms with Gasteiger partial charge in [-0.1, -0.05) is 0 Å². The molecule has 1 nitrogen and oxygen atoms in total. The Hall–Kier alpha value is 0.310. The molecule has 0 spiro atoms. The van der Waals surface area contributed by atoms with Gasteiger partial charge in [-0.2, -0.15) is 11.8 Å². The van der Waals surface area contributed by atoms with Crippen molar-refractivity contribution < 1.29 is 0 Å². The summed E-state index contributed by atoms with van der Waals surface area (Å²) in [4.78, 5) is 2.57. The molecule has 2 heteroatoms. The van der Waals surface area contributed by atoms with E-state index < -0.39 is 0 Å². The van der Waals surface area contributed by atoms with Gasteiger partial charge in [0.1, 0.15) is 0 Å². The summed E-state index contributed by atoms with van der Waals surface area (Å²) in [6.45, 7) is 1.35. The maximum atomic E-state index is 2.57. The van der Waals surface area contributed by atoms with Crippen molar-refractivity contribution in [1.82, 2.24) is 4.90 Å². The van der Waals surface area contributed by atoms with Gasteiger partial charge in [0.15, 0.2) is 0 Å². The van der Waals surface area contributed by atoms with Gasteiger partial charge in [-0.3, -0.25) is 0 Å². The van der Waals surface area contributed by atoms with Crippen LogP contribution >= 0.6 is 11.8 Å². The van der Waals surface area contributed by atoms with Crippen LogP contribution in [-0.4, -0.2) is 36.0 Å². The molecule has 0 radical (unpaired) electrons. The second kappa shape index (κ2) is 3.36. The third-order valence-electron chi connectivity index (χ3n) is 3.15. The molecule has 64 valence electrons. The lowest BCUT2D eigenvalue weighted by molar-refractivity contribution is 0.265. The van der Waals surface area contributed by atoms with Crippen LogP contribution in [0.4, 0.5) is 0 Å². The van der Waals surface area contributed by atoms with Crippen molar-refractivity contribution in [3.8, 4) is 0 Å². The molecule has 0 aromatic heterocycles. The third-order valence-corrected chi connectivity index (χ3v) is 4.20. The summed E-state index contributed by atoms with van der Waals surface area (Å²) in [5.41, 5.74) is 0. The van der Waals surface area contributed by atoms with Crippen molar-refractivity contribution in [2.75, 3.05) is 25.1 Å². The predicted molar refractivity (Wildman–Crippen MR) is 51.1 cm³/mol. The van der Waals surface area contributed by atoms with Gasteiger partial charge in [0.25, 0.3) is 0 Å². The SMILES string of the molecule is CN1CCC2CCSCCC21. The molecular weight excluding hydrogens is 154 g/mol. The average molecular weight is 171 g/mol. The highest BCUT2D eigenvalue weighted by atomic mass is 32.2. The zero-order chi connectivity index (χ0) is 7.68. The lowest BCUT2D eigenvalue weighted by Crippen LogP contribution is -2.29. The molecule has 0 bridgehead atoms. The Morgan fingerprint density at radius 2 is 2.00 bits per heavy atom. The Morgan fingerprint density at radius 1 is 1.18 bits per heavy atom. The van der Waals surface area contributed by atoms with Crippen molar-refractivity contribution in [3.05, 3.63) is 0 Å². The maximum Gasteiger partial charge on any atom is 0.0129 e. The maximum absolute atomic E-state index is 2.57. The zero-order valence-corrected chi connectivity index (χ0v) is 8.07. The minimum atomic E-state index is 0.935. The zero-order valence-electron chi connectivity index (χ0n) is 7.25. The van der Waals surface area contributed by atoms with Crippen LogP contribution in [-0.2, 0) is 0 Å². The Balaban J connectivity index is 2.00. The van der Waals surface area contributed by atoms with Gasteiger partial charge in [0.2, 0.25) is 0 Å². The van der Waals surface area contributed by atoms with Crippen LogP contribution < -0.4 is 0 Å². The molecule has 0 aromatic carbocycles. The molecule has 0 amide bonds. The van der Waals surface area contributed by atoms with Gasteiger partial charge in [-0.15, -0.1) is 0 Å². The first-order valence-electron chi connectivity index (χ1n) is 4.66. The van der Waals surface area contributed by atoms with Crippen molar-refractivity contribution in [3.63, 3.8) is 0 Å². The fourth-order valence-corrected chi connectivity index (χ4v) is 3.50. The van der Waals surface area contributed by atoms with Crippen molar-refractivity contribution in [2.24, 2.45) is 5.92 Å². The monoisotopic (exact) mass is 171 g/mol. The van der Waals surface area contributed by atoms with Crippen LogP contribution in [0.2, 0.25) is 0 Å². The summed E-state index contributed by atoms with van der Waals surface area (Å²) in [5.74, 6) is 3.84. The van der Waals surface area contributed by atoms with Gasteiger partial charge < -0.3 is 4.90 Å². The second-order valence-corrected chi connectivity index (χ2v) is 5.01. The topological polar surface area (TPSA) is 3.24 Å². The summed E-state index contributed by atoms with van der Waals surface area (Å²) in [6.07, 6.45) is 4.37. The average Bonchev–Trinajstić information content (AvgIpc) is 2.25. The number of hydrogen-bond acceptors (Lipinski definition) is 2. The van der Waals surface area contributed by atoms with E-state index in [-0.39, 0.29) is 0 Å². The molecule has 11 heavy (non-hydrogen) atoms. The Kier molecular flexibility index (Phi) is 2.42. The molecule has 0 aromatic rings. The van der Waals surface area contributed by atoms with Crippen LogP contribution in [0.15, 0.2) is 0 Å². The molecule has 2 heterocycles. The summed E-state index contributed by atoms with van der Waals surface area (Å²) in [7, 11) is 2.29. The molecule has 0 aliphatic carbocycles. The van der Waals surface area contributed by atoms with Gasteiger partial charge >= 0.3 is 0 Å². The highest BCUT2D eigenvalue weighted by Crippen LogP contribution is 2.32. The van der Waals surface area contributed by atoms with E-state index in [1.54, 1.807) is 0 Å². The van der Waals surface area contributed by atoms with Crippen molar-refractivity contribution >= 4 is 11.8 Å². The van der Waals surface area contributed by atoms with E-state index in [9.17, 15) is 0 Å². The largest absolute Gasteiger partial charge is 0.303 e. The molecule has 2 unspecified atom stereocenters. The van der Waals surface area contributed by atoms with Gasteiger partial charge in [0.05, 0.1) is 0 Å². The molecule has 2 aliphatic rings. The highest BCUT2D eigenvalue weighted by Gasteiger charge is 2.31. The van der Waals surface area contributed by atoms with Crippen molar-refractivity contribution in [2.45, 2.75) is 25.3 Å². The van der Waals surface area contributed by atoms with Crippen LogP contribution in [0.25, 0.3) is 0 Å². The van der Waals surface area contributed by atoms with Crippen LogP contribution in [0.5, 0.6) is 0 Å². The Morgan fingerprint density at radius 3 is 2.91 bits per heavy atom. The molecule has 2 aliphatic heterocycles. The summed E-state index contributed by atoms with van der Waals surface area (Å²) >= 11 is 2.15. The first-order chi connectivity index (χ1) is 5.38. The Labute approximate surface area is 73.5 Å². The molecule has 2 rings (SSSR count). The van der Waals surface area contributed by atoms with E-state index >= 15 is 0 Å². The molecule has 2 fully saturated rings. The lowest BCUT2D eigenvalue weighted by Gasteiger charge is -2.21. The summed E-state index contributed by atoms with van der Waals surface area (Å²) < 4.78 is 0. The number of hydrogen-bond donors (Lipinski definition) is 0. The fourth-order valence-electron chi connectivity index (χ4n) is 2.42.